The van der Waals surface area contributed by atoms with Crippen LogP contribution in [0.15, 0.2) is 12.1 Å². The lowest BCUT2D eigenvalue weighted by Crippen LogP contribution is -1.87. The van der Waals surface area contributed by atoms with Gasteiger partial charge < -0.3 is 0 Å². The minimum absolute atomic E-state index is 0.278. The van der Waals surface area contributed by atoms with E-state index in [1.165, 1.54) is 6.07 Å². The first-order valence-electron chi connectivity index (χ1n) is 3.64. The Hall–Kier alpha value is -0.560. The Bertz CT molecular complexity index is 259. The van der Waals surface area contributed by atoms with Gasteiger partial charge >= 0.3 is 0 Å². The fraction of sp³-hybridized carbons (Fsp3) is 0.333. The molecule has 2 rings (SSSR count). The molecule has 1 aromatic carbocycles. The molecule has 0 spiro atoms. The van der Waals surface area contributed by atoms with Gasteiger partial charge in [-0.15, -0.1) is 0 Å². The average molecular weight is 170 g/mol. The Morgan fingerprint density at radius 1 is 1.55 bits per heavy atom. The third-order valence-electron chi connectivity index (χ3n) is 1.92. The highest BCUT2D eigenvalue weighted by molar-refractivity contribution is 6.31. The summed E-state index contributed by atoms with van der Waals surface area (Å²) in [6, 6.07) is 5.72. The van der Waals surface area contributed by atoms with Gasteiger partial charge in [-0.1, -0.05) is 11.6 Å². The number of hydrogen-bond acceptors (Lipinski definition) is 0. The standard InChI is InChI=1S/C9H7ClF/c10-7-2-1-3-8(11)9(7)6-4-5-6/h1-2,6H,4-5H2. The molecule has 1 fully saturated rings. The first-order chi connectivity index (χ1) is 5.29. The van der Waals surface area contributed by atoms with Crippen LogP contribution in [0.1, 0.15) is 24.3 Å². The van der Waals surface area contributed by atoms with Crippen molar-refractivity contribution in [2.45, 2.75) is 18.8 Å². The molecule has 0 nitrogen and oxygen atoms in total. The highest BCUT2D eigenvalue weighted by Crippen LogP contribution is 2.44. The molecule has 0 heterocycles. The maximum absolute atomic E-state index is 13.0. The summed E-state index contributed by atoms with van der Waals surface area (Å²) in [7, 11) is 0. The second-order valence-electron chi connectivity index (χ2n) is 2.83. The van der Waals surface area contributed by atoms with E-state index in [0.29, 0.717) is 16.5 Å². The molecule has 11 heavy (non-hydrogen) atoms. The van der Waals surface area contributed by atoms with Gasteiger partial charge in [0.2, 0.25) is 0 Å². The van der Waals surface area contributed by atoms with Crippen molar-refractivity contribution in [3.63, 3.8) is 0 Å². The van der Waals surface area contributed by atoms with Gasteiger partial charge in [-0.2, -0.15) is 0 Å². The van der Waals surface area contributed by atoms with Gasteiger partial charge in [-0.05, 0) is 30.9 Å². The maximum Gasteiger partial charge on any atom is 0.136 e. The van der Waals surface area contributed by atoms with E-state index in [1.807, 2.05) is 0 Å². The number of hydrogen-bond donors (Lipinski definition) is 0. The lowest BCUT2D eigenvalue weighted by Gasteiger charge is -2.01. The zero-order chi connectivity index (χ0) is 7.84. The summed E-state index contributed by atoms with van der Waals surface area (Å²) in [5, 5.41) is 0.545. The molecule has 0 amide bonds. The molecule has 1 radical (unpaired) electrons. The van der Waals surface area contributed by atoms with Gasteiger partial charge in [0.15, 0.2) is 0 Å². The summed E-state index contributed by atoms with van der Waals surface area (Å²) in [6.07, 6.45) is 2.13. The first kappa shape index (κ1) is 7.11. The molecule has 57 valence electrons. The topological polar surface area (TPSA) is 0 Å². The van der Waals surface area contributed by atoms with Gasteiger partial charge in [0.1, 0.15) is 5.82 Å². The molecular weight excluding hydrogens is 163 g/mol. The fourth-order valence-electron chi connectivity index (χ4n) is 1.21. The lowest BCUT2D eigenvalue weighted by atomic mass is 10.1. The summed E-state index contributed by atoms with van der Waals surface area (Å²) >= 11 is 5.80. The predicted molar refractivity (Wildman–Crippen MR) is 42.2 cm³/mol. The Labute approximate surface area is 70.0 Å². The van der Waals surface area contributed by atoms with Crippen molar-refractivity contribution in [3.8, 4) is 0 Å². The predicted octanol–water partition coefficient (Wildman–Crippen LogP) is 3.16. The van der Waals surface area contributed by atoms with E-state index in [0.717, 1.165) is 12.8 Å². The minimum atomic E-state index is -0.278. The Balaban J connectivity index is 2.48. The lowest BCUT2D eigenvalue weighted by molar-refractivity contribution is 0.609. The van der Waals surface area contributed by atoms with Crippen molar-refractivity contribution >= 4 is 11.6 Å². The number of rotatable bonds is 1. The van der Waals surface area contributed by atoms with E-state index >= 15 is 0 Å². The smallest absolute Gasteiger partial charge is 0.136 e. The van der Waals surface area contributed by atoms with Crippen LogP contribution in [0, 0.1) is 11.9 Å². The van der Waals surface area contributed by atoms with E-state index in [2.05, 4.69) is 6.07 Å². The Morgan fingerprint density at radius 3 is 2.82 bits per heavy atom. The molecule has 1 saturated carbocycles. The highest BCUT2D eigenvalue weighted by Gasteiger charge is 2.28. The van der Waals surface area contributed by atoms with Crippen LogP contribution >= 0.6 is 11.6 Å². The summed E-state index contributed by atoms with van der Waals surface area (Å²) in [4.78, 5) is 0. The Morgan fingerprint density at radius 2 is 2.27 bits per heavy atom. The zero-order valence-corrected chi connectivity index (χ0v) is 6.66. The normalized spacial score (nSPS) is 16.9. The number of benzene rings is 1. The van der Waals surface area contributed by atoms with E-state index < -0.39 is 0 Å². The van der Waals surface area contributed by atoms with Crippen LogP contribution in [-0.4, -0.2) is 0 Å². The maximum atomic E-state index is 13.0. The van der Waals surface area contributed by atoms with Gasteiger partial charge in [0, 0.05) is 16.7 Å². The van der Waals surface area contributed by atoms with E-state index in [1.54, 1.807) is 6.07 Å². The first-order valence-corrected chi connectivity index (χ1v) is 4.02. The van der Waals surface area contributed by atoms with Gasteiger partial charge in [-0.3, -0.25) is 0 Å². The van der Waals surface area contributed by atoms with E-state index in [4.69, 9.17) is 11.6 Å². The molecule has 0 saturated heterocycles. The molecule has 0 aliphatic heterocycles. The molecule has 1 aliphatic carbocycles. The Kier molecular flexibility index (Phi) is 1.61. The molecule has 0 unspecified atom stereocenters. The quantitative estimate of drug-likeness (QED) is 0.606. The van der Waals surface area contributed by atoms with Crippen molar-refractivity contribution in [2.75, 3.05) is 0 Å². The second-order valence-corrected chi connectivity index (χ2v) is 3.23. The third kappa shape index (κ3) is 1.25. The molecule has 1 aliphatic rings. The van der Waals surface area contributed by atoms with Crippen molar-refractivity contribution in [1.82, 2.24) is 0 Å². The molecule has 0 aromatic heterocycles. The van der Waals surface area contributed by atoms with Crippen LogP contribution in [-0.2, 0) is 0 Å². The van der Waals surface area contributed by atoms with Crippen molar-refractivity contribution in [3.05, 3.63) is 34.6 Å². The van der Waals surface area contributed by atoms with Crippen LogP contribution in [0.3, 0.4) is 0 Å². The van der Waals surface area contributed by atoms with Crippen LogP contribution < -0.4 is 0 Å². The molecule has 0 atom stereocenters. The van der Waals surface area contributed by atoms with Gasteiger partial charge in [-0.25, -0.2) is 4.39 Å². The summed E-state index contributed by atoms with van der Waals surface area (Å²) < 4.78 is 13.0. The summed E-state index contributed by atoms with van der Waals surface area (Å²) in [5.41, 5.74) is 0.661. The molecule has 0 N–H and O–H groups in total. The minimum Gasteiger partial charge on any atom is -0.206 e. The molecule has 2 heteroatoms. The van der Waals surface area contributed by atoms with E-state index in [-0.39, 0.29) is 5.82 Å². The zero-order valence-electron chi connectivity index (χ0n) is 5.90. The van der Waals surface area contributed by atoms with E-state index in [9.17, 15) is 4.39 Å². The van der Waals surface area contributed by atoms with Crippen LogP contribution in [0.4, 0.5) is 4.39 Å². The van der Waals surface area contributed by atoms with Crippen LogP contribution in [0.25, 0.3) is 0 Å². The highest BCUT2D eigenvalue weighted by atomic mass is 35.5. The van der Waals surface area contributed by atoms with Gasteiger partial charge in [0.25, 0.3) is 0 Å². The van der Waals surface area contributed by atoms with Crippen LogP contribution in [0.5, 0.6) is 0 Å². The molecule has 1 aromatic rings. The average Bonchev–Trinajstić information content (AvgIpc) is 2.70. The third-order valence-corrected chi connectivity index (χ3v) is 2.25. The van der Waals surface area contributed by atoms with Crippen molar-refractivity contribution < 1.29 is 4.39 Å². The molecular formula is C9H7ClF. The second kappa shape index (κ2) is 2.49. The summed E-state index contributed by atoms with van der Waals surface area (Å²) in [5.74, 6) is 0.0833. The van der Waals surface area contributed by atoms with Gasteiger partial charge in [0.05, 0.1) is 0 Å². The molecule has 0 bridgehead atoms. The fourth-order valence-corrected chi connectivity index (χ4v) is 1.51. The van der Waals surface area contributed by atoms with Crippen LogP contribution in [0.2, 0.25) is 5.02 Å². The monoisotopic (exact) mass is 169 g/mol. The largest absolute Gasteiger partial charge is 0.206 e. The van der Waals surface area contributed by atoms with Crippen molar-refractivity contribution in [2.24, 2.45) is 0 Å². The summed E-state index contributed by atoms with van der Waals surface area (Å²) in [6.45, 7) is 0. The SMILES string of the molecule is Fc1[c]ccc(Cl)c1C1CC1. The number of halogens is 2. The van der Waals surface area contributed by atoms with Crippen molar-refractivity contribution in [1.29, 1.82) is 0 Å².